The first-order valence-corrected chi connectivity index (χ1v) is 8.23. The summed E-state index contributed by atoms with van der Waals surface area (Å²) in [6, 6.07) is 19.8. The highest BCUT2D eigenvalue weighted by molar-refractivity contribution is 5.94. The van der Waals surface area contributed by atoms with Crippen molar-refractivity contribution >= 4 is 10.9 Å². The second kappa shape index (κ2) is 6.52. The van der Waals surface area contributed by atoms with Crippen LogP contribution in [0.4, 0.5) is 4.39 Å². The van der Waals surface area contributed by atoms with Crippen molar-refractivity contribution in [2.75, 3.05) is 7.11 Å². The molecule has 0 unspecified atom stereocenters. The number of halogens is 1. The number of benzene rings is 3. The third-order valence-electron chi connectivity index (χ3n) is 4.27. The Morgan fingerprint density at radius 1 is 0.962 bits per heavy atom. The van der Waals surface area contributed by atoms with Gasteiger partial charge in [0.05, 0.1) is 7.11 Å². The fraction of sp³-hybridized carbons (Fsp3) is 0.0952. The average Bonchev–Trinajstić information content (AvgIpc) is 3.02. The quantitative estimate of drug-likeness (QED) is 0.521. The Morgan fingerprint density at radius 2 is 1.73 bits per heavy atom. The summed E-state index contributed by atoms with van der Waals surface area (Å²) in [6.45, 7) is 2.00. The maximum absolute atomic E-state index is 14.0. The molecule has 1 aromatic heterocycles. The highest BCUT2D eigenvalue weighted by Crippen LogP contribution is 2.32. The Balaban J connectivity index is 1.86. The summed E-state index contributed by atoms with van der Waals surface area (Å²) >= 11 is 0. The van der Waals surface area contributed by atoms with E-state index in [2.05, 4.69) is 5.10 Å². The van der Waals surface area contributed by atoms with Gasteiger partial charge in [0.2, 0.25) is 0 Å². The predicted molar refractivity (Wildman–Crippen MR) is 98.9 cm³/mol. The number of hydrogen-bond donors (Lipinski definition) is 0. The topological polar surface area (TPSA) is 36.3 Å². The molecule has 0 amide bonds. The van der Waals surface area contributed by atoms with Crippen LogP contribution in [0.1, 0.15) is 5.56 Å². The molecule has 1 heterocycles. The highest BCUT2D eigenvalue weighted by Gasteiger charge is 2.16. The summed E-state index contributed by atoms with van der Waals surface area (Å²) < 4.78 is 19.3. The van der Waals surface area contributed by atoms with Crippen LogP contribution in [0.3, 0.4) is 0 Å². The van der Waals surface area contributed by atoms with Gasteiger partial charge in [-0.15, -0.1) is 5.10 Å². The molecule has 0 bridgehead atoms. The molecule has 130 valence electrons. The molecule has 3 aromatic carbocycles. The van der Waals surface area contributed by atoms with Crippen molar-refractivity contribution < 1.29 is 14.0 Å². The fourth-order valence-electron chi connectivity index (χ4n) is 2.95. The summed E-state index contributed by atoms with van der Waals surface area (Å²) in [5.74, 6) is 0.477. The molecule has 0 aliphatic carbocycles. The molecule has 0 atom stereocenters. The Morgan fingerprint density at radius 3 is 2.50 bits per heavy atom. The number of para-hydroxylation sites is 2. The molecule has 4 rings (SSSR count). The Bertz CT molecular complexity index is 1090. The smallest absolute Gasteiger partial charge is 0.193 e. The molecule has 4 aromatic rings. The zero-order chi connectivity index (χ0) is 18.1. The molecule has 0 radical (unpaired) electrons. The number of fused-ring (bicyclic) bond motifs is 1. The molecule has 0 aliphatic heterocycles. The number of aryl methyl sites for hydroxylation is 1. The average molecular weight is 348 g/mol. The minimum absolute atomic E-state index is 0.124. The lowest BCUT2D eigenvalue weighted by Gasteiger charge is -2.07. The Hall–Kier alpha value is -3.34. The van der Waals surface area contributed by atoms with Crippen LogP contribution in [0.2, 0.25) is 0 Å². The predicted octanol–water partition coefficient (Wildman–Crippen LogP) is 5.00. The van der Waals surface area contributed by atoms with E-state index in [4.69, 9.17) is 9.57 Å². The molecular formula is C21H17FN2O2. The summed E-state index contributed by atoms with van der Waals surface area (Å²) in [7, 11) is 1.64. The van der Waals surface area contributed by atoms with Gasteiger partial charge in [-0.25, -0.2) is 4.39 Å². The van der Waals surface area contributed by atoms with Crippen LogP contribution in [0, 0.1) is 12.7 Å². The second-order valence-corrected chi connectivity index (χ2v) is 5.94. The van der Waals surface area contributed by atoms with Gasteiger partial charge >= 0.3 is 0 Å². The van der Waals surface area contributed by atoms with E-state index in [9.17, 15) is 4.39 Å². The summed E-state index contributed by atoms with van der Waals surface area (Å²) in [4.78, 5) is 7.08. The summed E-state index contributed by atoms with van der Waals surface area (Å²) in [5, 5.41) is 5.53. The first-order chi connectivity index (χ1) is 12.7. The highest BCUT2D eigenvalue weighted by atomic mass is 19.1. The van der Waals surface area contributed by atoms with Crippen LogP contribution in [0.5, 0.6) is 11.5 Å². The lowest BCUT2D eigenvalue weighted by Crippen LogP contribution is -2.08. The van der Waals surface area contributed by atoms with E-state index in [-0.39, 0.29) is 5.75 Å². The van der Waals surface area contributed by atoms with Crippen LogP contribution in [0.15, 0.2) is 66.7 Å². The van der Waals surface area contributed by atoms with Crippen molar-refractivity contribution in [3.05, 3.63) is 78.1 Å². The van der Waals surface area contributed by atoms with E-state index in [0.29, 0.717) is 0 Å². The van der Waals surface area contributed by atoms with Crippen LogP contribution >= 0.6 is 0 Å². The van der Waals surface area contributed by atoms with E-state index < -0.39 is 5.82 Å². The molecule has 5 heteroatoms. The van der Waals surface area contributed by atoms with E-state index in [1.165, 1.54) is 10.9 Å². The van der Waals surface area contributed by atoms with Gasteiger partial charge < -0.3 is 9.57 Å². The van der Waals surface area contributed by atoms with Gasteiger partial charge in [0.15, 0.2) is 11.6 Å². The largest absolute Gasteiger partial charge is 0.497 e. The van der Waals surface area contributed by atoms with Gasteiger partial charge in [0, 0.05) is 10.9 Å². The minimum Gasteiger partial charge on any atom is -0.497 e. The SMILES string of the molecule is COc1ccc(-c2nn(Oc3ccccc3F)c3ccccc23)c(C)c1. The first-order valence-electron chi connectivity index (χ1n) is 8.23. The molecule has 0 N–H and O–H groups in total. The number of hydrogen-bond acceptors (Lipinski definition) is 3. The monoisotopic (exact) mass is 348 g/mol. The van der Waals surface area contributed by atoms with Crippen molar-refractivity contribution in [2.24, 2.45) is 0 Å². The van der Waals surface area contributed by atoms with Gasteiger partial charge in [-0.05, 0) is 48.9 Å². The molecular weight excluding hydrogens is 331 g/mol. The van der Waals surface area contributed by atoms with Crippen LogP contribution in [-0.4, -0.2) is 17.1 Å². The van der Waals surface area contributed by atoms with Gasteiger partial charge in [0.25, 0.3) is 0 Å². The minimum atomic E-state index is -0.436. The maximum atomic E-state index is 14.0. The molecule has 0 aliphatic rings. The van der Waals surface area contributed by atoms with Crippen molar-refractivity contribution in [1.82, 2.24) is 9.94 Å². The van der Waals surface area contributed by atoms with Gasteiger partial charge in [0.1, 0.15) is 17.0 Å². The number of rotatable bonds is 4. The fourth-order valence-corrected chi connectivity index (χ4v) is 2.95. The van der Waals surface area contributed by atoms with E-state index in [1.54, 1.807) is 25.3 Å². The van der Waals surface area contributed by atoms with Crippen molar-refractivity contribution in [1.29, 1.82) is 0 Å². The van der Waals surface area contributed by atoms with Crippen LogP contribution in [-0.2, 0) is 0 Å². The van der Waals surface area contributed by atoms with Gasteiger partial charge in [-0.1, -0.05) is 35.2 Å². The Labute approximate surface area is 150 Å². The Kier molecular flexibility index (Phi) is 4.05. The standard InChI is InChI=1S/C21H17FN2O2/c1-14-13-15(25-2)11-12-16(14)21-17-7-3-5-9-19(17)24(23-21)26-20-10-6-4-8-18(20)22/h3-13H,1-2H3. The molecule has 0 saturated heterocycles. The van der Waals surface area contributed by atoms with Crippen LogP contribution < -0.4 is 9.57 Å². The van der Waals surface area contributed by atoms with E-state index >= 15 is 0 Å². The molecule has 0 fully saturated rings. The first kappa shape index (κ1) is 16.1. The van der Waals surface area contributed by atoms with E-state index in [1.807, 2.05) is 49.4 Å². The third-order valence-corrected chi connectivity index (χ3v) is 4.27. The van der Waals surface area contributed by atoms with Crippen molar-refractivity contribution in [3.8, 4) is 22.8 Å². The van der Waals surface area contributed by atoms with Crippen molar-refractivity contribution in [3.63, 3.8) is 0 Å². The third kappa shape index (κ3) is 2.77. The summed E-state index contributed by atoms with van der Waals surface area (Å²) in [6.07, 6.45) is 0. The molecule has 0 spiro atoms. The lowest BCUT2D eigenvalue weighted by atomic mass is 10.0. The lowest BCUT2D eigenvalue weighted by molar-refractivity contribution is 0.182. The normalized spacial score (nSPS) is 10.9. The molecule has 26 heavy (non-hydrogen) atoms. The zero-order valence-corrected chi connectivity index (χ0v) is 14.4. The zero-order valence-electron chi connectivity index (χ0n) is 14.4. The number of aromatic nitrogens is 2. The second-order valence-electron chi connectivity index (χ2n) is 5.94. The summed E-state index contributed by atoms with van der Waals surface area (Å²) in [5.41, 5.74) is 3.54. The van der Waals surface area contributed by atoms with E-state index in [0.717, 1.165) is 33.5 Å². The number of ether oxygens (including phenoxy) is 1. The maximum Gasteiger partial charge on any atom is 0.193 e. The molecule has 0 saturated carbocycles. The molecule has 4 nitrogen and oxygen atoms in total. The van der Waals surface area contributed by atoms with Crippen molar-refractivity contribution in [2.45, 2.75) is 6.92 Å². The van der Waals surface area contributed by atoms with Gasteiger partial charge in [-0.3, -0.25) is 0 Å². The van der Waals surface area contributed by atoms with Gasteiger partial charge in [-0.2, -0.15) is 0 Å². The van der Waals surface area contributed by atoms with Crippen LogP contribution in [0.25, 0.3) is 22.2 Å². The number of methoxy groups -OCH3 is 1. The number of nitrogens with zero attached hydrogens (tertiary/aromatic N) is 2.